The lowest BCUT2D eigenvalue weighted by Gasteiger charge is -2.15. The Labute approximate surface area is 111 Å². The van der Waals surface area contributed by atoms with Gasteiger partial charge in [0.05, 0.1) is 6.61 Å². The highest BCUT2D eigenvalue weighted by atomic mass is 16.5. The molecule has 0 spiro atoms. The van der Waals surface area contributed by atoms with Crippen LogP contribution in [0.1, 0.15) is 39.3 Å². The Morgan fingerprint density at radius 2 is 1.83 bits per heavy atom. The van der Waals surface area contributed by atoms with E-state index in [1.807, 2.05) is 19.1 Å². The average Bonchev–Trinajstić information content (AvgIpc) is 2.34. The third kappa shape index (κ3) is 5.37. The Morgan fingerprint density at radius 3 is 2.33 bits per heavy atom. The minimum atomic E-state index is 0.334. The molecule has 0 fully saturated rings. The molecule has 0 amide bonds. The number of ether oxygens (including phenoxy) is 1. The molecule has 1 rings (SSSR count). The maximum Gasteiger partial charge on any atom is 0.119 e. The SMILES string of the molecule is C=C(C)CNC(C)c1ccc(OCC(C)C)cc1. The largest absolute Gasteiger partial charge is 0.493 e. The van der Waals surface area contributed by atoms with Gasteiger partial charge in [0.15, 0.2) is 0 Å². The van der Waals surface area contributed by atoms with Crippen molar-refractivity contribution in [1.82, 2.24) is 5.32 Å². The van der Waals surface area contributed by atoms with E-state index in [1.54, 1.807) is 0 Å². The highest BCUT2D eigenvalue weighted by Crippen LogP contribution is 2.18. The molecule has 0 heterocycles. The number of benzene rings is 1. The Balaban J connectivity index is 2.51. The van der Waals surface area contributed by atoms with E-state index in [1.165, 1.54) is 5.56 Å². The van der Waals surface area contributed by atoms with Crippen molar-refractivity contribution in [3.63, 3.8) is 0 Å². The van der Waals surface area contributed by atoms with Crippen molar-refractivity contribution >= 4 is 0 Å². The van der Waals surface area contributed by atoms with E-state index in [0.29, 0.717) is 12.0 Å². The summed E-state index contributed by atoms with van der Waals surface area (Å²) in [7, 11) is 0. The van der Waals surface area contributed by atoms with Gasteiger partial charge in [-0.25, -0.2) is 0 Å². The molecular weight excluding hydrogens is 222 g/mol. The zero-order valence-corrected chi connectivity index (χ0v) is 12.0. The molecule has 1 atom stereocenters. The van der Waals surface area contributed by atoms with Gasteiger partial charge in [0.2, 0.25) is 0 Å². The minimum Gasteiger partial charge on any atom is -0.493 e. The fourth-order valence-corrected chi connectivity index (χ4v) is 1.56. The van der Waals surface area contributed by atoms with Gasteiger partial charge in [0.25, 0.3) is 0 Å². The maximum atomic E-state index is 5.67. The molecule has 1 aromatic rings. The van der Waals surface area contributed by atoms with Crippen molar-refractivity contribution in [2.75, 3.05) is 13.2 Å². The normalized spacial score (nSPS) is 12.5. The summed E-state index contributed by atoms with van der Waals surface area (Å²) >= 11 is 0. The van der Waals surface area contributed by atoms with Crippen LogP contribution in [0.15, 0.2) is 36.4 Å². The van der Waals surface area contributed by atoms with Gasteiger partial charge in [-0.3, -0.25) is 0 Å². The summed E-state index contributed by atoms with van der Waals surface area (Å²) in [6, 6.07) is 8.64. The molecular formula is C16H25NO. The molecule has 0 aliphatic rings. The minimum absolute atomic E-state index is 0.334. The molecule has 0 aliphatic heterocycles. The van der Waals surface area contributed by atoms with Crippen molar-refractivity contribution in [3.05, 3.63) is 42.0 Å². The van der Waals surface area contributed by atoms with Crippen LogP contribution in [0.4, 0.5) is 0 Å². The van der Waals surface area contributed by atoms with Crippen LogP contribution in [0.5, 0.6) is 5.75 Å². The summed E-state index contributed by atoms with van der Waals surface area (Å²) in [6.07, 6.45) is 0. The van der Waals surface area contributed by atoms with Crippen LogP contribution in [-0.2, 0) is 0 Å². The van der Waals surface area contributed by atoms with Gasteiger partial charge in [0, 0.05) is 12.6 Å². The molecule has 0 radical (unpaired) electrons. The molecule has 1 aromatic carbocycles. The quantitative estimate of drug-likeness (QED) is 0.737. The zero-order valence-electron chi connectivity index (χ0n) is 12.0. The summed E-state index contributed by atoms with van der Waals surface area (Å²) in [5.41, 5.74) is 2.42. The topological polar surface area (TPSA) is 21.3 Å². The molecule has 2 heteroatoms. The molecule has 0 saturated carbocycles. The lowest BCUT2D eigenvalue weighted by Crippen LogP contribution is -2.20. The lowest BCUT2D eigenvalue weighted by atomic mass is 10.1. The number of hydrogen-bond acceptors (Lipinski definition) is 2. The van der Waals surface area contributed by atoms with Crippen molar-refractivity contribution in [3.8, 4) is 5.75 Å². The van der Waals surface area contributed by atoms with E-state index in [9.17, 15) is 0 Å². The van der Waals surface area contributed by atoms with Gasteiger partial charge >= 0.3 is 0 Å². The van der Waals surface area contributed by atoms with Gasteiger partial charge in [-0.2, -0.15) is 0 Å². The smallest absolute Gasteiger partial charge is 0.119 e. The van der Waals surface area contributed by atoms with Gasteiger partial charge in [-0.1, -0.05) is 38.1 Å². The van der Waals surface area contributed by atoms with E-state index in [4.69, 9.17) is 4.74 Å². The van der Waals surface area contributed by atoms with Crippen molar-refractivity contribution in [1.29, 1.82) is 0 Å². The molecule has 1 N–H and O–H groups in total. The van der Waals surface area contributed by atoms with E-state index >= 15 is 0 Å². The van der Waals surface area contributed by atoms with E-state index in [2.05, 4.69) is 44.8 Å². The molecule has 0 bridgehead atoms. The third-order valence-electron chi connectivity index (χ3n) is 2.67. The first kappa shape index (κ1) is 14.8. The summed E-state index contributed by atoms with van der Waals surface area (Å²) < 4.78 is 5.67. The van der Waals surface area contributed by atoms with E-state index < -0.39 is 0 Å². The predicted molar refractivity (Wildman–Crippen MR) is 78.0 cm³/mol. The van der Waals surface area contributed by atoms with Crippen LogP contribution in [0.3, 0.4) is 0 Å². The fraction of sp³-hybridized carbons (Fsp3) is 0.500. The first-order valence-corrected chi connectivity index (χ1v) is 6.59. The van der Waals surface area contributed by atoms with Gasteiger partial charge in [-0.15, -0.1) is 0 Å². The second-order valence-corrected chi connectivity index (χ2v) is 5.33. The molecule has 2 nitrogen and oxygen atoms in total. The first-order chi connectivity index (χ1) is 8.49. The highest BCUT2D eigenvalue weighted by molar-refractivity contribution is 5.29. The van der Waals surface area contributed by atoms with Crippen LogP contribution in [0.2, 0.25) is 0 Å². The Morgan fingerprint density at radius 1 is 1.22 bits per heavy atom. The number of nitrogens with one attached hydrogen (secondary N) is 1. The molecule has 18 heavy (non-hydrogen) atoms. The molecule has 1 unspecified atom stereocenters. The van der Waals surface area contributed by atoms with Crippen molar-refractivity contribution in [2.45, 2.75) is 33.7 Å². The Bertz CT molecular complexity index is 367. The van der Waals surface area contributed by atoms with E-state index in [-0.39, 0.29) is 0 Å². The van der Waals surface area contributed by atoms with Crippen LogP contribution in [0, 0.1) is 5.92 Å². The number of hydrogen-bond donors (Lipinski definition) is 1. The van der Waals surface area contributed by atoms with Crippen molar-refractivity contribution < 1.29 is 4.74 Å². The number of rotatable bonds is 7. The molecule has 0 aromatic heterocycles. The van der Waals surface area contributed by atoms with Gasteiger partial charge < -0.3 is 10.1 Å². The van der Waals surface area contributed by atoms with Gasteiger partial charge in [0.1, 0.15) is 5.75 Å². The first-order valence-electron chi connectivity index (χ1n) is 6.59. The predicted octanol–water partition coefficient (Wildman–Crippen LogP) is 3.95. The Kier molecular flexibility index (Phi) is 5.93. The second-order valence-electron chi connectivity index (χ2n) is 5.33. The monoisotopic (exact) mass is 247 g/mol. The maximum absolute atomic E-state index is 5.67. The lowest BCUT2D eigenvalue weighted by molar-refractivity contribution is 0.271. The molecule has 100 valence electrons. The molecule has 0 aliphatic carbocycles. The second kappa shape index (κ2) is 7.22. The van der Waals surface area contributed by atoms with E-state index in [0.717, 1.165) is 24.5 Å². The standard InChI is InChI=1S/C16H25NO/c1-12(2)10-17-14(5)15-6-8-16(9-7-15)18-11-13(3)4/h6-9,13-14,17H,1,10-11H2,2-5H3. The Hall–Kier alpha value is -1.28. The summed E-state index contributed by atoms with van der Waals surface area (Å²) in [5, 5.41) is 3.43. The average molecular weight is 247 g/mol. The highest BCUT2D eigenvalue weighted by Gasteiger charge is 2.04. The summed E-state index contributed by atoms with van der Waals surface area (Å²) in [4.78, 5) is 0. The van der Waals surface area contributed by atoms with Crippen LogP contribution in [-0.4, -0.2) is 13.2 Å². The van der Waals surface area contributed by atoms with Crippen LogP contribution in [0.25, 0.3) is 0 Å². The molecule has 0 saturated heterocycles. The zero-order chi connectivity index (χ0) is 13.5. The summed E-state index contributed by atoms with van der Waals surface area (Å²) in [5.74, 6) is 1.50. The fourth-order valence-electron chi connectivity index (χ4n) is 1.56. The van der Waals surface area contributed by atoms with Crippen LogP contribution < -0.4 is 10.1 Å². The third-order valence-corrected chi connectivity index (χ3v) is 2.67. The summed E-state index contributed by atoms with van der Waals surface area (Å²) in [6.45, 7) is 14.0. The van der Waals surface area contributed by atoms with Gasteiger partial charge in [-0.05, 0) is 37.5 Å². The van der Waals surface area contributed by atoms with Crippen LogP contribution >= 0.6 is 0 Å². The van der Waals surface area contributed by atoms with Crippen molar-refractivity contribution in [2.24, 2.45) is 5.92 Å².